The Kier molecular flexibility index (Phi) is 3.93. The van der Waals surface area contributed by atoms with Crippen LogP contribution in [0.1, 0.15) is 45.3 Å². The summed E-state index contributed by atoms with van der Waals surface area (Å²) in [5.41, 5.74) is 0. The monoisotopic (exact) mass is 181 g/mol. The van der Waals surface area contributed by atoms with Gasteiger partial charge in [-0.25, -0.2) is 4.98 Å². The van der Waals surface area contributed by atoms with Crippen LogP contribution in [0.3, 0.4) is 0 Å². The molecule has 0 aromatic carbocycles. The molecule has 1 aromatic rings. The van der Waals surface area contributed by atoms with E-state index in [9.17, 15) is 0 Å². The SMILES string of the molecule is CCCc1nc(CCC(C)C)n[nH]1. The average Bonchev–Trinajstić information content (AvgIpc) is 2.50. The fraction of sp³-hybridized carbons (Fsp3) is 0.800. The van der Waals surface area contributed by atoms with Crippen molar-refractivity contribution in [3.05, 3.63) is 11.6 Å². The van der Waals surface area contributed by atoms with Gasteiger partial charge in [-0.15, -0.1) is 0 Å². The molecule has 1 aromatic heterocycles. The van der Waals surface area contributed by atoms with Crippen LogP contribution in [0.2, 0.25) is 0 Å². The summed E-state index contributed by atoms with van der Waals surface area (Å²) in [7, 11) is 0. The number of aromatic amines is 1. The lowest BCUT2D eigenvalue weighted by molar-refractivity contribution is 0.575. The maximum absolute atomic E-state index is 4.41. The van der Waals surface area contributed by atoms with Gasteiger partial charge in [-0.1, -0.05) is 20.8 Å². The summed E-state index contributed by atoms with van der Waals surface area (Å²) in [6.45, 7) is 6.59. The Morgan fingerprint density at radius 1 is 1.31 bits per heavy atom. The molecule has 3 heteroatoms. The minimum atomic E-state index is 0.730. The maximum atomic E-state index is 4.41. The first-order chi connectivity index (χ1) is 6.22. The molecule has 3 nitrogen and oxygen atoms in total. The fourth-order valence-corrected chi connectivity index (χ4v) is 1.21. The highest BCUT2D eigenvalue weighted by molar-refractivity contribution is 4.90. The molecule has 0 unspecified atom stereocenters. The van der Waals surface area contributed by atoms with Crippen molar-refractivity contribution >= 4 is 0 Å². The molecule has 1 rings (SSSR count). The molecule has 74 valence electrons. The van der Waals surface area contributed by atoms with Gasteiger partial charge in [-0.2, -0.15) is 5.10 Å². The zero-order valence-corrected chi connectivity index (χ0v) is 8.80. The number of rotatable bonds is 5. The van der Waals surface area contributed by atoms with Crippen molar-refractivity contribution in [1.29, 1.82) is 0 Å². The normalized spacial score (nSPS) is 11.1. The Balaban J connectivity index is 2.39. The minimum Gasteiger partial charge on any atom is -0.263 e. The number of nitrogens with one attached hydrogen (secondary N) is 1. The third-order valence-electron chi connectivity index (χ3n) is 2.01. The third-order valence-corrected chi connectivity index (χ3v) is 2.01. The predicted molar refractivity (Wildman–Crippen MR) is 53.5 cm³/mol. The smallest absolute Gasteiger partial charge is 0.150 e. The second-order valence-electron chi connectivity index (χ2n) is 3.88. The van der Waals surface area contributed by atoms with E-state index >= 15 is 0 Å². The molecular formula is C10H19N3. The van der Waals surface area contributed by atoms with E-state index < -0.39 is 0 Å². The van der Waals surface area contributed by atoms with Crippen LogP contribution in [0.25, 0.3) is 0 Å². The van der Waals surface area contributed by atoms with Crippen LogP contribution in [0.5, 0.6) is 0 Å². The highest BCUT2D eigenvalue weighted by Gasteiger charge is 2.03. The molecule has 0 aliphatic heterocycles. The molecule has 1 N–H and O–H groups in total. The van der Waals surface area contributed by atoms with Crippen LogP contribution in [-0.4, -0.2) is 15.2 Å². The van der Waals surface area contributed by atoms with Crippen LogP contribution >= 0.6 is 0 Å². The molecule has 0 aliphatic rings. The number of hydrogen-bond acceptors (Lipinski definition) is 2. The fourth-order valence-electron chi connectivity index (χ4n) is 1.21. The highest BCUT2D eigenvalue weighted by Crippen LogP contribution is 2.05. The van der Waals surface area contributed by atoms with Gasteiger partial charge in [0.05, 0.1) is 0 Å². The summed E-state index contributed by atoms with van der Waals surface area (Å²) in [6.07, 6.45) is 4.30. The van der Waals surface area contributed by atoms with Crippen LogP contribution in [-0.2, 0) is 12.8 Å². The van der Waals surface area contributed by atoms with Gasteiger partial charge in [0.15, 0.2) is 5.82 Å². The predicted octanol–water partition coefficient (Wildman–Crippen LogP) is 2.35. The lowest BCUT2D eigenvalue weighted by Gasteiger charge is -1.99. The van der Waals surface area contributed by atoms with Crippen molar-refractivity contribution < 1.29 is 0 Å². The van der Waals surface area contributed by atoms with Crippen molar-refractivity contribution in [2.75, 3.05) is 0 Å². The Labute approximate surface area is 80.0 Å². The van der Waals surface area contributed by atoms with Crippen molar-refractivity contribution in [2.24, 2.45) is 5.92 Å². The first-order valence-corrected chi connectivity index (χ1v) is 5.12. The molecule has 0 aliphatic carbocycles. The third kappa shape index (κ3) is 3.57. The molecule has 0 atom stereocenters. The molecule has 0 amide bonds. The lowest BCUT2D eigenvalue weighted by Crippen LogP contribution is -1.94. The summed E-state index contributed by atoms with van der Waals surface area (Å²) in [5.74, 6) is 2.73. The molecule has 0 saturated heterocycles. The van der Waals surface area contributed by atoms with Crippen molar-refractivity contribution in [3.63, 3.8) is 0 Å². The van der Waals surface area contributed by atoms with Gasteiger partial charge in [0.25, 0.3) is 0 Å². The number of aromatic nitrogens is 3. The molecule has 0 bridgehead atoms. The van der Waals surface area contributed by atoms with E-state index in [1.807, 2.05) is 0 Å². The second kappa shape index (κ2) is 5.00. The summed E-state index contributed by atoms with van der Waals surface area (Å²) in [4.78, 5) is 4.41. The summed E-state index contributed by atoms with van der Waals surface area (Å²) in [6, 6.07) is 0. The quantitative estimate of drug-likeness (QED) is 0.757. The standard InChI is InChI=1S/C10H19N3/c1-4-5-9-11-10(13-12-9)7-6-8(2)3/h8H,4-7H2,1-3H3,(H,11,12,13). The first kappa shape index (κ1) is 10.2. The number of aryl methyl sites for hydroxylation is 2. The van der Waals surface area contributed by atoms with Gasteiger partial charge in [0.2, 0.25) is 0 Å². The Morgan fingerprint density at radius 3 is 2.69 bits per heavy atom. The van der Waals surface area contributed by atoms with Gasteiger partial charge in [0.1, 0.15) is 5.82 Å². The van der Waals surface area contributed by atoms with Crippen LogP contribution in [0.15, 0.2) is 0 Å². The maximum Gasteiger partial charge on any atom is 0.150 e. The molecule has 1 heterocycles. The number of hydrogen-bond donors (Lipinski definition) is 1. The van der Waals surface area contributed by atoms with Crippen LogP contribution < -0.4 is 0 Å². The Bertz CT molecular complexity index is 240. The van der Waals surface area contributed by atoms with Crippen molar-refractivity contribution in [3.8, 4) is 0 Å². The molecule has 0 radical (unpaired) electrons. The van der Waals surface area contributed by atoms with Crippen molar-refractivity contribution in [2.45, 2.75) is 46.5 Å². The van der Waals surface area contributed by atoms with Crippen LogP contribution in [0, 0.1) is 5.92 Å². The van der Waals surface area contributed by atoms with E-state index in [0.29, 0.717) is 0 Å². The number of H-pyrrole nitrogens is 1. The summed E-state index contributed by atoms with van der Waals surface area (Å²) >= 11 is 0. The summed E-state index contributed by atoms with van der Waals surface area (Å²) < 4.78 is 0. The average molecular weight is 181 g/mol. The van der Waals surface area contributed by atoms with Gasteiger partial charge in [-0.3, -0.25) is 5.10 Å². The van der Waals surface area contributed by atoms with E-state index in [2.05, 4.69) is 36.0 Å². The van der Waals surface area contributed by atoms with E-state index in [1.165, 1.54) is 6.42 Å². The van der Waals surface area contributed by atoms with Gasteiger partial charge in [0, 0.05) is 12.8 Å². The van der Waals surface area contributed by atoms with Gasteiger partial charge in [-0.05, 0) is 18.8 Å². The van der Waals surface area contributed by atoms with E-state index in [0.717, 1.165) is 36.8 Å². The molecule has 0 saturated carbocycles. The zero-order chi connectivity index (χ0) is 9.68. The second-order valence-corrected chi connectivity index (χ2v) is 3.88. The topological polar surface area (TPSA) is 41.6 Å². The first-order valence-electron chi connectivity index (χ1n) is 5.12. The Morgan fingerprint density at radius 2 is 2.08 bits per heavy atom. The molecule has 0 fully saturated rings. The zero-order valence-electron chi connectivity index (χ0n) is 8.80. The van der Waals surface area contributed by atoms with E-state index in [1.54, 1.807) is 0 Å². The van der Waals surface area contributed by atoms with E-state index in [-0.39, 0.29) is 0 Å². The highest BCUT2D eigenvalue weighted by atomic mass is 15.2. The molecule has 0 spiro atoms. The van der Waals surface area contributed by atoms with E-state index in [4.69, 9.17) is 0 Å². The number of nitrogens with zero attached hydrogens (tertiary/aromatic N) is 2. The Hall–Kier alpha value is -0.860. The summed E-state index contributed by atoms with van der Waals surface area (Å²) in [5, 5.41) is 7.14. The van der Waals surface area contributed by atoms with Crippen LogP contribution in [0.4, 0.5) is 0 Å². The van der Waals surface area contributed by atoms with Gasteiger partial charge >= 0.3 is 0 Å². The van der Waals surface area contributed by atoms with Crippen molar-refractivity contribution in [1.82, 2.24) is 15.2 Å². The lowest BCUT2D eigenvalue weighted by atomic mass is 10.1. The molecule has 13 heavy (non-hydrogen) atoms. The molecular weight excluding hydrogens is 162 g/mol. The largest absolute Gasteiger partial charge is 0.263 e. The van der Waals surface area contributed by atoms with Gasteiger partial charge < -0.3 is 0 Å². The minimum absolute atomic E-state index is 0.730.